The van der Waals surface area contributed by atoms with Crippen molar-refractivity contribution in [1.29, 1.82) is 0 Å². The molecule has 2 aromatic rings. The van der Waals surface area contributed by atoms with E-state index in [1.807, 2.05) is 0 Å². The lowest BCUT2D eigenvalue weighted by Gasteiger charge is -2.41. The molecule has 1 fully saturated rings. The van der Waals surface area contributed by atoms with Crippen molar-refractivity contribution in [3.63, 3.8) is 0 Å². The normalized spacial score (nSPS) is 24.9. The number of hydrogen-bond donors (Lipinski definition) is 2. The maximum Gasteiger partial charge on any atom is 0.317 e. The third kappa shape index (κ3) is 2.12. The first-order valence-electron chi connectivity index (χ1n) is 6.33. The highest BCUT2D eigenvalue weighted by Gasteiger charge is 2.43. The van der Waals surface area contributed by atoms with E-state index in [1.165, 1.54) is 12.3 Å². The van der Waals surface area contributed by atoms with E-state index in [4.69, 9.17) is 0 Å². The third-order valence-corrected chi connectivity index (χ3v) is 3.51. The van der Waals surface area contributed by atoms with Crippen LogP contribution in [0.2, 0.25) is 0 Å². The first kappa shape index (κ1) is 12.6. The summed E-state index contributed by atoms with van der Waals surface area (Å²) in [6.45, 7) is 0. The maximum absolute atomic E-state index is 12.0. The lowest BCUT2D eigenvalue weighted by molar-refractivity contribution is -0.607. The fraction of sp³-hybridized carbons (Fsp3) is 0.308. The number of nitrogens with one attached hydrogen (secondary N) is 1. The predicted molar refractivity (Wildman–Crippen MR) is 68.5 cm³/mol. The van der Waals surface area contributed by atoms with Crippen molar-refractivity contribution >= 4 is 5.91 Å². The van der Waals surface area contributed by atoms with Gasteiger partial charge in [0.05, 0.1) is 18.2 Å². The van der Waals surface area contributed by atoms with Crippen molar-refractivity contribution in [3.8, 4) is 0 Å². The lowest BCUT2D eigenvalue weighted by atomic mass is 9.83. The molecule has 3 rings (SSSR count). The summed E-state index contributed by atoms with van der Waals surface area (Å²) in [6.07, 6.45) is 4.53. The second kappa shape index (κ2) is 4.93. The van der Waals surface area contributed by atoms with Crippen LogP contribution in [0.4, 0.5) is 0 Å². The minimum Gasteiger partial charge on any atom is -0.618 e. The first-order chi connectivity index (χ1) is 9.66. The number of carbonyl (C=O) groups is 1. The summed E-state index contributed by atoms with van der Waals surface area (Å²) < 4.78 is 2.14. The van der Waals surface area contributed by atoms with Crippen LogP contribution < -0.4 is 10.0 Å². The highest BCUT2D eigenvalue weighted by Crippen LogP contribution is 2.32. The van der Waals surface area contributed by atoms with Crippen LogP contribution in [-0.4, -0.2) is 32.9 Å². The molecular weight excluding hydrogens is 260 g/mol. The van der Waals surface area contributed by atoms with Gasteiger partial charge in [0.25, 0.3) is 5.69 Å². The number of hydrogen-bond acceptors (Lipinski definition) is 4. The number of pyridine rings is 1. The fourth-order valence-electron chi connectivity index (χ4n) is 2.42. The van der Waals surface area contributed by atoms with E-state index < -0.39 is 12.0 Å². The standard InChI is InChI=1S/C13H14N4O3/c18-11-8-9(12(11)16-6-3-5-14-16)15-13(19)10-4-1-2-7-17(10)20/h1-7,9,11-12,18H,8H2,(H,15,19). The second-order valence-electron chi connectivity index (χ2n) is 4.77. The van der Waals surface area contributed by atoms with E-state index >= 15 is 0 Å². The Kier molecular flexibility index (Phi) is 3.11. The van der Waals surface area contributed by atoms with Crippen LogP contribution >= 0.6 is 0 Å². The first-order valence-corrected chi connectivity index (χ1v) is 6.33. The molecule has 0 aliphatic heterocycles. The molecular formula is C13H14N4O3. The van der Waals surface area contributed by atoms with Gasteiger partial charge in [-0.2, -0.15) is 9.83 Å². The Bertz CT molecular complexity index is 614. The Morgan fingerprint density at radius 1 is 1.50 bits per heavy atom. The topological polar surface area (TPSA) is 94.1 Å². The number of amides is 1. The van der Waals surface area contributed by atoms with E-state index in [9.17, 15) is 15.1 Å². The average Bonchev–Trinajstić information content (AvgIpc) is 2.91. The van der Waals surface area contributed by atoms with Gasteiger partial charge >= 0.3 is 5.91 Å². The molecule has 2 aromatic heterocycles. The summed E-state index contributed by atoms with van der Waals surface area (Å²) in [7, 11) is 0. The molecule has 3 atom stereocenters. The van der Waals surface area contributed by atoms with Gasteiger partial charge < -0.3 is 15.6 Å². The smallest absolute Gasteiger partial charge is 0.317 e. The lowest BCUT2D eigenvalue weighted by Crippen LogP contribution is -2.57. The summed E-state index contributed by atoms with van der Waals surface area (Å²) in [5.74, 6) is -0.449. The Morgan fingerprint density at radius 2 is 2.35 bits per heavy atom. The van der Waals surface area contributed by atoms with Crippen molar-refractivity contribution in [2.75, 3.05) is 0 Å². The molecule has 7 heteroatoms. The van der Waals surface area contributed by atoms with Crippen molar-refractivity contribution in [2.45, 2.75) is 24.6 Å². The molecule has 2 N–H and O–H groups in total. The van der Waals surface area contributed by atoms with Crippen molar-refractivity contribution in [3.05, 3.63) is 53.8 Å². The zero-order chi connectivity index (χ0) is 14.1. The minimum absolute atomic E-state index is 0.0353. The van der Waals surface area contributed by atoms with Crippen LogP contribution in [0.5, 0.6) is 0 Å². The van der Waals surface area contributed by atoms with E-state index in [0.29, 0.717) is 11.2 Å². The predicted octanol–water partition coefficient (Wildman–Crippen LogP) is -0.379. The van der Waals surface area contributed by atoms with Gasteiger partial charge in [-0.05, 0) is 18.6 Å². The molecule has 0 aromatic carbocycles. The summed E-state index contributed by atoms with van der Waals surface area (Å²) in [5.41, 5.74) is 0.0353. The van der Waals surface area contributed by atoms with E-state index in [1.54, 1.807) is 35.3 Å². The molecule has 2 heterocycles. The van der Waals surface area contributed by atoms with Crippen molar-refractivity contribution in [2.24, 2.45) is 0 Å². The molecule has 7 nitrogen and oxygen atoms in total. The van der Waals surface area contributed by atoms with Crippen LogP contribution in [0, 0.1) is 5.21 Å². The van der Waals surface area contributed by atoms with Gasteiger partial charge in [0, 0.05) is 24.5 Å². The van der Waals surface area contributed by atoms with Crippen LogP contribution in [0.1, 0.15) is 23.0 Å². The van der Waals surface area contributed by atoms with Gasteiger partial charge in [0.15, 0.2) is 6.20 Å². The van der Waals surface area contributed by atoms with Crippen molar-refractivity contribution in [1.82, 2.24) is 15.1 Å². The van der Waals surface area contributed by atoms with Crippen LogP contribution in [0.25, 0.3) is 0 Å². The highest BCUT2D eigenvalue weighted by molar-refractivity contribution is 5.91. The Morgan fingerprint density at radius 3 is 3.00 bits per heavy atom. The largest absolute Gasteiger partial charge is 0.618 e. The molecule has 0 radical (unpaired) electrons. The monoisotopic (exact) mass is 274 g/mol. The van der Waals surface area contributed by atoms with Gasteiger partial charge in [-0.15, -0.1) is 0 Å². The average molecular weight is 274 g/mol. The SMILES string of the molecule is O=C(NC1CC(O)C1n1cccn1)c1cccc[n+]1[O-]. The number of aromatic nitrogens is 3. The summed E-state index contributed by atoms with van der Waals surface area (Å²) in [6, 6.07) is 5.87. The summed E-state index contributed by atoms with van der Waals surface area (Å²) in [4.78, 5) is 12.0. The summed E-state index contributed by atoms with van der Waals surface area (Å²) in [5, 5.41) is 28.2. The Hall–Kier alpha value is -2.41. The highest BCUT2D eigenvalue weighted by atomic mass is 16.5. The molecule has 1 amide bonds. The molecule has 1 aliphatic carbocycles. The van der Waals surface area contributed by atoms with Gasteiger partial charge in [-0.25, -0.2) is 0 Å². The quantitative estimate of drug-likeness (QED) is 0.589. The molecule has 1 saturated carbocycles. The molecule has 3 unspecified atom stereocenters. The van der Waals surface area contributed by atoms with Crippen LogP contribution in [0.15, 0.2) is 42.9 Å². The second-order valence-corrected chi connectivity index (χ2v) is 4.77. The molecule has 104 valence electrons. The van der Waals surface area contributed by atoms with E-state index in [0.717, 1.165) is 0 Å². The minimum atomic E-state index is -0.546. The fourth-order valence-corrected chi connectivity index (χ4v) is 2.42. The van der Waals surface area contributed by atoms with Crippen LogP contribution in [-0.2, 0) is 0 Å². The van der Waals surface area contributed by atoms with E-state index in [2.05, 4.69) is 10.4 Å². The number of aliphatic hydroxyl groups excluding tert-OH is 1. The number of aliphatic hydroxyl groups is 1. The molecule has 0 bridgehead atoms. The zero-order valence-electron chi connectivity index (χ0n) is 10.6. The number of rotatable bonds is 3. The van der Waals surface area contributed by atoms with Gasteiger partial charge in [-0.1, -0.05) is 0 Å². The van der Waals surface area contributed by atoms with Crippen LogP contribution in [0.3, 0.4) is 0 Å². The van der Waals surface area contributed by atoms with Gasteiger partial charge in [0.2, 0.25) is 0 Å². The number of nitrogens with zero attached hydrogens (tertiary/aromatic N) is 3. The molecule has 0 spiro atoms. The molecule has 20 heavy (non-hydrogen) atoms. The van der Waals surface area contributed by atoms with Gasteiger partial charge in [-0.3, -0.25) is 9.48 Å². The zero-order valence-corrected chi connectivity index (χ0v) is 10.6. The van der Waals surface area contributed by atoms with Crippen molar-refractivity contribution < 1.29 is 14.6 Å². The Balaban J connectivity index is 1.72. The van der Waals surface area contributed by atoms with E-state index in [-0.39, 0.29) is 17.8 Å². The third-order valence-electron chi connectivity index (χ3n) is 3.51. The molecule has 1 aliphatic rings. The molecule has 0 saturated heterocycles. The summed E-state index contributed by atoms with van der Waals surface area (Å²) >= 11 is 0. The number of carbonyl (C=O) groups excluding carboxylic acids is 1. The van der Waals surface area contributed by atoms with Gasteiger partial charge in [0.1, 0.15) is 0 Å². The Labute approximate surface area is 115 Å². The maximum atomic E-state index is 12.0.